The van der Waals surface area contributed by atoms with Crippen molar-refractivity contribution in [1.29, 1.82) is 0 Å². The molecule has 1 heterocycles. The summed E-state index contributed by atoms with van der Waals surface area (Å²) < 4.78 is 13.3. The minimum absolute atomic E-state index is 0.0701. The summed E-state index contributed by atoms with van der Waals surface area (Å²) >= 11 is 0. The fourth-order valence-corrected chi connectivity index (χ4v) is 2.76. The number of fused-ring (bicyclic) bond motifs is 1. The molecule has 0 aliphatic rings. The maximum absolute atomic E-state index is 13.3. The van der Waals surface area contributed by atoms with Crippen LogP contribution in [0.25, 0.3) is 10.9 Å². The van der Waals surface area contributed by atoms with Crippen molar-refractivity contribution in [3.63, 3.8) is 0 Å². The molecule has 1 aromatic heterocycles. The van der Waals surface area contributed by atoms with Crippen molar-refractivity contribution in [1.82, 2.24) is 9.88 Å². The van der Waals surface area contributed by atoms with E-state index >= 15 is 0 Å². The molecule has 118 valence electrons. The lowest BCUT2D eigenvalue weighted by Gasteiger charge is -2.19. The van der Waals surface area contributed by atoms with Gasteiger partial charge in [-0.05, 0) is 30.3 Å². The molecule has 0 fully saturated rings. The number of carbonyl (C=O) groups excluding carboxylic acids is 1. The van der Waals surface area contributed by atoms with E-state index in [0.717, 1.165) is 23.0 Å². The smallest absolute Gasteiger partial charge is 0.178 e. The van der Waals surface area contributed by atoms with Gasteiger partial charge in [0.25, 0.3) is 0 Å². The van der Waals surface area contributed by atoms with Gasteiger partial charge in [0.15, 0.2) is 5.78 Å². The van der Waals surface area contributed by atoms with Crippen molar-refractivity contribution in [2.45, 2.75) is 13.5 Å². The summed E-state index contributed by atoms with van der Waals surface area (Å²) in [6.07, 6.45) is 1.77. The van der Waals surface area contributed by atoms with E-state index < -0.39 is 0 Å². The van der Waals surface area contributed by atoms with E-state index in [1.807, 2.05) is 42.2 Å². The second-order valence-electron chi connectivity index (χ2n) is 5.60. The van der Waals surface area contributed by atoms with Crippen molar-refractivity contribution in [3.8, 4) is 0 Å². The fourth-order valence-electron chi connectivity index (χ4n) is 2.76. The Bertz CT molecular complexity index is 825. The zero-order valence-corrected chi connectivity index (χ0v) is 13.1. The number of hydrogen-bond acceptors (Lipinski definition) is 2. The van der Waals surface area contributed by atoms with Gasteiger partial charge >= 0.3 is 0 Å². The van der Waals surface area contributed by atoms with Gasteiger partial charge in [-0.3, -0.25) is 9.69 Å². The maximum atomic E-state index is 13.3. The van der Waals surface area contributed by atoms with Crippen LogP contribution in [0.4, 0.5) is 4.39 Å². The maximum Gasteiger partial charge on any atom is 0.178 e. The van der Waals surface area contributed by atoms with Crippen molar-refractivity contribution < 1.29 is 9.18 Å². The summed E-state index contributed by atoms with van der Waals surface area (Å²) in [6.45, 7) is 3.60. The van der Waals surface area contributed by atoms with Crippen LogP contribution in [-0.2, 0) is 6.54 Å². The van der Waals surface area contributed by atoms with Gasteiger partial charge in [-0.15, -0.1) is 0 Å². The number of rotatable bonds is 6. The molecular formula is C19H19FN2O. The van der Waals surface area contributed by atoms with Crippen LogP contribution in [0.5, 0.6) is 0 Å². The zero-order chi connectivity index (χ0) is 16.2. The first kappa shape index (κ1) is 15.4. The normalized spacial score (nSPS) is 11.3. The summed E-state index contributed by atoms with van der Waals surface area (Å²) in [5, 5.41) is 0.944. The van der Waals surface area contributed by atoms with Gasteiger partial charge in [0, 0.05) is 29.2 Å². The molecule has 0 radical (unpaired) electrons. The monoisotopic (exact) mass is 310 g/mol. The quantitative estimate of drug-likeness (QED) is 0.698. The third kappa shape index (κ3) is 3.48. The Morgan fingerprint density at radius 3 is 2.78 bits per heavy atom. The van der Waals surface area contributed by atoms with Gasteiger partial charge in [-0.1, -0.05) is 37.3 Å². The van der Waals surface area contributed by atoms with Gasteiger partial charge < -0.3 is 4.98 Å². The third-order valence-corrected chi connectivity index (χ3v) is 4.00. The zero-order valence-electron chi connectivity index (χ0n) is 13.1. The molecule has 0 atom stereocenters. The molecule has 3 rings (SSSR count). The minimum Gasteiger partial charge on any atom is -0.360 e. The Labute approximate surface area is 134 Å². The highest BCUT2D eigenvalue weighted by atomic mass is 19.1. The predicted molar refractivity (Wildman–Crippen MR) is 90.0 cm³/mol. The number of benzene rings is 2. The number of ketones is 1. The average Bonchev–Trinajstić information content (AvgIpc) is 2.98. The number of aromatic amines is 1. The first-order valence-corrected chi connectivity index (χ1v) is 7.73. The number of likely N-dealkylation sites (N-methyl/N-ethyl adjacent to an activating group) is 1. The number of nitrogens with zero attached hydrogens (tertiary/aromatic N) is 1. The Balaban J connectivity index is 1.75. The Morgan fingerprint density at radius 2 is 2.00 bits per heavy atom. The molecule has 0 saturated carbocycles. The highest BCUT2D eigenvalue weighted by molar-refractivity contribution is 6.08. The van der Waals surface area contributed by atoms with Crippen LogP contribution in [0.2, 0.25) is 0 Å². The van der Waals surface area contributed by atoms with E-state index in [2.05, 4.69) is 4.98 Å². The SMILES string of the molecule is CCN(CC(=O)c1c[nH]c2ccccc12)Cc1cccc(F)c1. The third-order valence-electron chi connectivity index (χ3n) is 4.00. The molecule has 0 saturated heterocycles. The molecule has 1 N–H and O–H groups in total. The van der Waals surface area contributed by atoms with Crippen LogP contribution < -0.4 is 0 Å². The summed E-state index contributed by atoms with van der Waals surface area (Å²) in [5.41, 5.74) is 2.54. The lowest BCUT2D eigenvalue weighted by atomic mass is 10.1. The number of hydrogen-bond donors (Lipinski definition) is 1. The number of Topliss-reactive ketones (excluding diaryl/α,β-unsaturated/α-hetero) is 1. The minimum atomic E-state index is -0.249. The van der Waals surface area contributed by atoms with Crippen molar-refractivity contribution in [2.24, 2.45) is 0 Å². The van der Waals surface area contributed by atoms with Crippen LogP contribution in [0.1, 0.15) is 22.8 Å². The van der Waals surface area contributed by atoms with E-state index in [1.54, 1.807) is 12.3 Å². The average molecular weight is 310 g/mol. The number of nitrogens with one attached hydrogen (secondary N) is 1. The Hall–Kier alpha value is -2.46. The Morgan fingerprint density at radius 1 is 1.17 bits per heavy atom. The van der Waals surface area contributed by atoms with E-state index in [-0.39, 0.29) is 11.6 Å². The number of H-pyrrole nitrogens is 1. The molecule has 3 aromatic rings. The van der Waals surface area contributed by atoms with Crippen LogP contribution in [0, 0.1) is 5.82 Å². The standard InChI is InChI=1S/C19H19FN2O/c1-2-22(12-14-6-5-7-15(20)10-14)13-19(23)17-11-21-18-9-4-3-8-16(17)18/h3-11,21H,2,12-13H2,1H3. The van der Waals surface area contributed by atoms with Crippen LogP contribution in [0.3, 0.4) is 0 Å². The first-order chi connectivity index (χ1) is 11.2. The van der Waals surface area contributed by atoms with Gasteiger partial charge in [-0.2, -0.15) is 0 Å². The van der Waals surface area contributed by atoms with Crippen LogP contribution in [-0.4, -0.2) is 28.8 Å². The molecule has 0 spiro atoms. The summed E-state index contributed by atoms with van der Waals surface area (Å²) in [4.78, 5) is 17.8. The molecule has 0 unspecified atom stereocenters. The number of aromatic nitrogens is 1. The summed E-state index contributed by atoms with van der Waals surface area (Å²) in [5.74, 6) is -0.179. The predicted octanol–water partition coefficient (Wildman–Crippen LogP) is 4.01. The highest BCUT2D eigenvalue weighted by Crippen LogP contribution is 2.19. The number of halogens is 1. The molecule has 0 aliphatic carbocycles. The Kier molecular flexibility index (Phi) is 4.53. The van der Waals surface area contributed by atoms with Gasteiger partial charge in [-0.25, -0.2) is 4.39 Å². The van der Waals surface area contributed by atoms with Crippen LogP contribution >= 0.6 is 0 Å². The topological polar surface area (TPSA) is 36.1 Å². The van der Waals surface area contributed by atoms with Crippen molar-refractivity contribution in [3.05, 3.63) is 71.7 Å². The molecular weight excluding hydrogens is 291 g/mol. The van der Waals surface area contributed by atoms with Crippen molar-refractivity contribution in [2.75, 3.05) is 13.1 Å². The highest BCUT2D eigenvalue weighted by Gasteiger charge is 2.15. The molecule has 23 heavy (non-hydrogen) atoms. The largest absolute Gasteiger partial charge is 0.360 e. The van der Waals surface area contributed by atoms with E-state index in [1.165, 1.54) is 12.1 Å². The van der Waals surface area contributed by atoms with Gasteiger partial charge in [0.1, 0.15) is 5.82 Å². The number of carbonyl (C=O) groups is 1. The summed E-state index contributed by atoms with van der Waals surface area (Å²) in [7, 11) is 0. The van der Waals surface area contributed by atoms with E-state index in [4.69, 9.17) is 0 Å². The molecule has 4 heteroatoms. The van der Waals surface area contributed by atoms with Gasteiger partial charge in [0.2, 0.25) is 0 Å². The van der Waals surface area contributed by atoms with E-state index in [0.29, 0.717) is 18.7 Å². The lowest BCUT2D eigenvalue weighted by molar-refractivity contribution is 0.0931. The van der Waals surface area contributed by atoms with Crippen molar-refractivity contribution >= 4 is 16.7 Å². The van der Waals surface area contributed by atoms with Crippen LogP contribution in [0.15, 0.2) is 54.7 Å². The number of para-hydroxylation sites is 1. The van der Waals surface area contributed by atoms with Gasteiger partial charge in [0.05, 0.1) is 6.54 Å². The molecule has 3 nitrogen and oxygen atoms in total. The molecule has 0 amide bonds. The van der Waals surface area contributed by atoms with E-state index in [9.17, 15) is 9.18 Å². The second kappa shape index (κ2) is 6.75. The first-order valence-electron chi connectivity index (χ1n) is 7.73. The fraction of sp³-hybridized carbons (Fsp3) is 0.211. The lowest BCUT2D eigenvalue weighted by Crippen LogP contribution is -2.29. The molecule has 0 bridgehead atoms. The molecule has 2 aromatic carbocycles. The molecule has 0 aliphatic heterocycles. The summed E-state index contributed by atoms with van der Waals surface area (Å²) in [6, 6.07) is 14.3. The second-order valence-corrected chi connectivity index (χ2v) is 5.60.